The van der Waals surface area contributed by atoms with Gasteiger partial charge in [-0.05, 0) is 6.92 Å². The molecule has 0 saturated carbocycles. The summed E-state index contributed by atoms with van der Waals surface area (Å²) in [6.07, 6.45) is -0.799. The van der Waals surface area contributed by atoms with Crippen LogP contribution in [0.15, 0.2) is 0 Å². The fourth-order valence-corrected chi connectivity index (χ4v) is 4.82. The lowest BCUT2D eigenvalue weighted by molar-refractivity contribution is -0.0295. The molecule has 0 amide bonds. The van der Waals surface area contributed by atoms with Crippen LogP contribution in [0, 0.1) is 0 Å². The molecule has 1 heterocycles. The van der Waals surface area contributed by atoms with Crippen molar-refractivity contribution in [1.82, 2.24) is 0 Å². The summed E-state index contributed by atoms with van der Waals surface area (Å²) in [5, 5.41) is 0. The van der Waals surface area contributed by atoms with Gasteiger partial charge in [-0.2, -0.15) is 8.62 Å². The van der Waals surface area contributed by atoms with Crippen LogP contribution in [0.25, 0.3) is 0 Å². The van der Waals surface area contributed by atoms with Crippen molar-refractivity contribution in [3.63, 3.8) is 0 Å². The van der Waals surface area contributed by atoms with Gasteiger partial charge in [-0.15, -0.1) is 0 Å². The minimum Gasteiger partial charge on any atom is -0.379 e. The average Bonchev–Trinajstić information content (AvgIpc) is 2.62. The SMILES string of the molecule is CO[C@@H]1C[C@H](C)O[C@@H]1COP(=O)(O)OP(=O)(O)OP(=O)(O)O. The minimum atomic E-state index is -5.50. The highest BCUT2D eigenvalue weighted by Crippen LogP contribution is 2.66. The van der Waals surface area contributed by atoms with E-state index in [4.69, 9.17) is 24.2 Å². The maximum Gasteiger partial charge on any atom is 0.490 e. The smallest absolute Gasteiger partial charge is 0.379 e. The molecule has 0 aromatic rings. The Kier molecular flexibility index (Phi) is 6.93. The number of phosphoric ester groups is 1. The van der Waals surface area contributed by atoms with Gasteiger partial charge in [0.05, 0.1) is 18.8 Å². The van der Waals surface area contributed by atoms with E-state index < -0.39 is 42.3 Å². The van der Waals surface area contributed by atoms with E-state index >= 15 is 0 Å². The minimum absolute atomic E-state index is 0.181. The molecule has 12 nitrogen and oxygen atoms in total. The van der Waals surface area contributed by atoms with Gasteiger partial charge < -0.3 is 29.0 Å². The highest BCUT2D eigenvalue weighted by molar-refractivity contribution is 7.66. The van der Waals surface area contributed by atoms with Crippen molar-refractivity contribution in [2.45, 2.75) is 31.7 Å². The molecule has 132 valence electrons. The number of methoxy groups -OCH3 is 1. The number of rotatable bonds is 8. The lowest BCUT2D eigenvalue weighted by Crippen LogP contribution is -2.27. The summed E-state index contributed by atoms with van der Waals surface area (Å²) in [6.45, 7) is 1.24. The number of hydrogen-bond donors (Lipinski definition) is 4. The van der Waals surface area contributed by atoms with E-state index in [2.05, 4.69) is 13.1 Å². The molecule has 1 aliphatic heterocycles. The van der Waals surface area contributed by atoms with E-state index in [0.717, 1.165) is 0 Å². The molecule has 0 spiro atoms. The molecule has 1 aliphatic rings. The van der Waals surface area contributed by atoms with Crippen molar-refractivity contribution in [3.05, 3.63) is 0 Å². The first-order chi connectivity index (χ1) is 9.84. The molecule has 4 N–H and O–H groups in total. The molecule has 0 aromatic carbocycles. The highest BCUT2D eigenvalue weighted by atomic mass is 31.3. The quantitative estimate of drug-likeness (QED) is 0.426. The molecule has 1 saturated heterocycles. The molecule has 1 rings (SSSR count). The van der Waals surface area contributed by atoms with Gasteiger partial charge in [0.25, 0.3) is 0 Å². The lowest BCUT2D eigenvalue weighted by atomic mass is 10.1. The zero-order valence-electron chi connectivity index (χ0n) is 11.5. The van der Waals surface area contributed by atoms with Crippen LogP contribution in [0.2, 0.25) is 0 Å². The largest absolute Gasteiger partial charge is 0.490 e. The molecule has 0 aliphatic carbocycles. The van der Waals surface area contributed by atoms with E-state index in [1.54, 1.807) is 6.92 Å². The van der Waals surface area contributed by atoms with Crippen LogP contribution >= 0.6 is 23.5 Å². The van der Waals surface area contributed by atoms with Crippen LogP contribution in [0.3, 0.4) is 0 Å². The number of hydrogen-bond acceptors (Lipinski definition) is 8. The topological polar surface area (TPSA) is 178 Å². The summed E-state index contributed by atoms with van der Waals surface area (Å²) < 4.78 is 55.1. The van der Waals surface area contributed by atoms with Gasteiger partial charge in [0.1, 0.15) is 6.10 Å². The Bertz CT molecular complexity index is 515. The fourth-order valence-electron chi connectivity index (χ4n) is 1.79. The van der Waals surface area contributed by atoms with Gasteiger partial charge in [0, 0.05) is 13.5 Å². The van der Waals surface area contributed by atoms with Gasteiger partial charge in [-0.1, -0.05) is 0 Å². The molecule has 1 fully saturated rings. The lowest BCUT2D eigenvalue weighted by Gasteiger charge is -2.20. The Morgan fingerprint density at radius 2 is 1.68 bits per heavy atom. The summed E-state index contributed by atoms with van der Waals surface area (Å²) >= 11 is 0. The predicted molar refractivity (Wildman–Crippen MR) is 69.6 cm³/mol. The standard InChI is InChI=1S/C7H17O12P3/c1-5-3-6(15-2)7(17-5)4-16-21(11,12)19-22(13,14)18-20(8,9)10/h5-7H,3-4H2,1-2H3,(H,11,12)(H,13,14)(H2,8,9,10)/t5-,6+,7+/m0/s1. The zero-order chi connectivity index (χ0) is 17.2. The van der Waals surface area contributed by atoms with Crippen molar-refractivity contribution >= 4 is 23.5 Å². The van der Waals surface area contributed by atoms with E-state index in [1.165, 1.54) is 7.11 Å². The number of ether oxygens (including phenoxy) is 2. The maximum absolute atomic E-state index is 11.5. The summed E-state index contributed by atoms with van der Waals surface area (Å²) in [7, 11) is -14.6. The van der Waals surface area contributed by atoms with Crippen LogP contribution in [0.5, 0.6) is 0 Å². The second-order valence-electron chi connectivity index (χ2n) is 4.38. The van der Waals surface area contributed by atoms with Gasteiger partial charge in [-0.25, -0.2) is 13.7 Å². The van der Waals surface area contributed by atoms with Gasteiger partial charge in [0.2, 0.25) is 0 Å². The normalized spacial score (nSPS) is 31.6. The van der Waals surface area contributed by atoms with Crippen molar-refractivity contribution in [2.24, 2.45) is 0 Å². The molecule has 2 unspecified atom stereocenters. The van der Waals surface area contributed by atoms with Crippen LogP contribution < -0.4 is 0 Å². The monoisotopic (exact) mass is 386 g/mol. The summed E-state index contributed by atoms with van der Waals surface area (Å²) in [5.41, 5.74) is 0. The average molecular weight is 386 g/mol. The first-order valence-electron chi connectivity index (χ1n) is 5.80. The summed E-state index contributed by atoms with van der Waals surface area (Å²) in [4.78, 5) is 35.0. The first kappa shape index (κ1) is 20.4. The fraction of sp³-hybridized carbons (Fsp3) is 1.00. The van der Waals surface area contributed by atoms with Gasteiger partial charge in [-0.3, -0.25) is 4.52 Å². The third-order valence-electron chi connectivity index (χ3n) is 2.51. The predicted octanol–water partition coefficient (Wildman–Crippen LogP) is 0.522. The second-order valence-corrected chi connectivity index (χ2v) is 8.80. The van der Waals surface area contributed by atoms with Crippen LogP contribution in [-0.4, -0.2) is 51.6 Å². The first-order valence-corrected chi connectivity index (χ1v) is 10.3. The zero-order valence-corrected chi connectivity index (χ0v) is 14.2. The Morgan fingerprint density at radius 3 is 2.18 bits per heavy atom. The Labute approximate surface area is 125 Å². The van der Waals surface area contributed by atoms with Gasteiger partial charge >= 0.3 is 23.5 Å². The Hall–Kier alpha value is 0.330. The van der Waals surface area contributed by atoms with E-state index in [9.17, 15) is 18.6 Å². The Balaban J connectivity index is 2.59. The maximum atomic E-state index is 11.5. The van der Waals surface area contributed by atoms with Crippen LogP contribution in [0.4, 0.5) is 0 Å². The number of phosphoric acid groups is 3. The van der Waals surface area contributed by atoms with Crippen molar-refractivity contribution in [2.75, 3.05) is 13.7 Å². The van der Waals surface area contributed by atoms with E-state index in [0.29, 0.717) is 6.42 Å². The van der Waals surface area contributed by atoms with Crippen LogP contribution in [0.1, 0.15) is 13.3 Å². The molecule has 0 radical (unpaired) electrons. The molecule has 22 heavy (non-hydrogen) atoms. The van der Waals surface area contributed by atoms with Crippen molar-refractivity contribution in [3.8, 4) is 0 Å². The molecular formula is C7H17O12P3. The molecule has 15 heteroatoms. The Morgan fingerprint density at radius 1 is 1.09 bits per heavy atom. The highest BCUT2D eigenvalue weighted by Gasteiger charge is 2.42. The van der Waals surface area contributed by atoms with Gasteiger partial charge in [0.15, 0.2) is 0 Å². The molecule has 5 atom stereocenters. The van der Waals surface area contributed by atoms with E-state index in [1.807, 2.05) is 0 Å². The third-order valence-corrected chi connectivity index (χ3v) is 6.31. The molecular weight excluding hydrogens is 369 g/mol. The van der Waals surface area contributed by atoms with Crippen molar-refractivity contribution in [1.29, 1.82) is 0 Å². The van der Waals surface area contributed by atoms with Crippen molar-refractivity contribution < 1.29 is 55.9 Å². The van der Waals surface area contributed by atoms with Crippen LogP contribution in [-0.2, 0) is 36.3 Å². The van der Waals surface area contributed by atoms with E-state index in [-0.39, 0.29) is 6.10 Å². The molecule has 0 bridgehead atoms. The summed E-state index contributed by atoms with van der Waals surface area (Å²) in [6, 6.07) is 0. The second kappa shape index (κ2) is 7.48. The third kappa shape index (κ3) is 7.27. The summed E-state index contributed by atoms with van der Waals surface area (Å²) in [5.74, 6) is 0. The molecule has 0 aromatic heterocycles.